The Kier molecular flexibility index (Phi) is 9.06. The fraction of sp³-hybridized carbons (Fsp3) is 0. The quantitative estimate of drug-likeness (QED) is 0.148. The van der Waals surface area contributed by atoms with Gasteiger partial charge < -0.3 is 9.47 Å². The summed E-state index contributed by atoms with van der Waals surface area (Å²) in [5, 5.41) is 5.07. The van der Waals surface area contributed by atoms with E-state index in [1.165, 1.54) is 75.4 Å². The van der Waals surface area contributed by atoms with E-state index in [1.54, 1.807) is 0 Å². The van der Waals surface area contributed by atoms with Crippen LogP contribution in [0.1, 0.15) is 0 Å². The summed E-state index contributed by atoms with van der Waals surface area (Å²) >= 11 is 1.86. The third-order valence-electron chi connectivity index (χ3n) is 12.4. The monoisotopic (exact) mass is 820 g/mol. The molecule has 0 fully saturated rings. The van der Waals surface area contributed by atoms with Gasteiger partial charge in [-0.3, -0.25) is 0 Å². The highest BCUT2D eigenvalue weighted by Crippen LogP contribution is 2.43. The van der Waals surface area contributed by atoms with E-state index >= 15 is 0 Å². The minimum absolute atomic E-state index is 1.10. The molecule has 0 aliphatic carbocycles. The van der Waals surface area contributed by atoms with Crippen molar-refractivity contribution in [2.24, 2.45) is 0 Å². The van der Waals surface area contributed by atoms with Crippen molar-refractivity contribution >= 4 is 70.4 Å². The highest BCUT2D eigenvalue weighted by molar-refractivity contribution is 7.25. The highest BCUT2D eigenvalue weighted by Gasteiger charge is 2.18. The molecule has 3 heteroatoms. The topological polar surface area (TPSA) is 8.17 Å². The molecular formula is C60H40N2S. The smallest absolute Gasteiger partial charge is 0.0541 e. The molecular weight excluding hydrogens is 781 g/mol. The van der Waals surface area contributed by atoms with Crippen LogP contribution in [0.15, 0.2) is 243 Å². The second kappa shape index (κ2) is 15.5. The summed E-state index contributed by atoms with van der Waals surface area (Å²) in [6.45, 7) is 0. The normalized spacial score (nSPS) is 11.5. The van der Waals surface area contributed by atoms with E-state index in [1.807, 2.05) is 11.3 Å². The minimum Gasteiger partial charge on any atom is -0.310 e. The second-order valence-electron chi connectivity index (χ2n) is 16.2. The molecule has 0 radical (unpaired) electrons. The van der Waals surface area contributed by atoms with Crippen molar-refractivity contribution in [3.63, 3.8) is 0 Å². The summed E-state index contributed by atoms with van der Waals surface area (Å²) in [4.78, 5) is 2.40. The third kappa shape index (κ3) is 6.67. The van der Waals surface area contributed by atoms with Gasteiger partial charge in [0.2, 0.25) is 0 Å². The molecule has 0 aliphatic rings. The molecule has 0 amide bonds. The lowest BCUT2D eigenvalue weighted by Crippen LogP contribution is -2.10. The highest BCUT2D eigenvalue weighted by atomic mass is 32.1. The van der Waals surface area contributed by atoms with Gasteiger partial charge in [0.05, 0.1) is 11.0 Å². The molecule has 0 bridgehead atoms. The van der Waals surface area contributed by atoms with Gasteiger partial charge in [-0.2, -0.15) is 0 Å². The zero-order valence-electron chi connectivity index (χ0n) is 34.4. The number of rotatable bonds is 8. The van der Waals surface area contributed by atoms with E-state index in [4.69, 9.17) is 0 Å². The van der Waals surface area contributed by atoms with Crippen molar-refractivity contribution in [2.75, 3.05) is 4.90 Å². The van der Waals surface area contributed by atoms with Crippen molar-refractivity contribution in [3.05, 3.63) is 243 Å². The van der Waals surface area contributed by atoms with Gasteiger partial charge in [0, 0.05) is 53.7 Å². The van der Waals surface area contributed by atoms with Crippen LogP contribution in [0.3, 0.4) is 0 Å². The number of aromatic nitrogens is 1. The molecule has 296 valence electrons. The van der Waals surface area contributed by atoms with Crippen LogP contribution < -0.4 is 4.90 Å². The largest absolute Gasteiger partial charge is 0.310 e. The number of hydrogen-bond acceptors (Lipinski definition) is 2. The van der Waals surface area contributed by atoms with Crippen molar-refractivity contribution < 1.29 is 0 Å². The van der Waals surface area contributed by atoms with Crippen molar-refractivity contribution in [1.82, 2.24) is 4.57 Å². The molecule has 0 unspecified atom stereocenters. The Morgan fingerprint density at radius 2 is 0.730 bits per heavy atom. The summed E-state index contributed by atoms with van der Waals surface area (Å²) in [5.41, 5.74) is 16.4. The predicted octanol–water partition coefficient (Wildman–Crippen LogP) is 17.3. The van der Waals surface area contributed by atoms with Gasteiger partial charge in [-0.05, 0) is 123 Å². The first kappa shape index (κ1) is 36.8. The number of nitrogens with zero attached hydrogens (tertiary/aromatic N) is 2. The number of fused-ring (bicyclic) bond motifs is 6. The van der Waals surface area contributed by atoms with Gasteiger partial charge in [0.15, 0.2) is 0 Å². The van der Waals surface area contributed by atoms with Gasteiger partial charge in [0.25, 0.3) is 0 Å². The molecule has 12 rings (SSSR count). The molecule has 12 aromatic rings. The lowest BCUT2D eigenvalue weighted by molar-refractivity contribution is 1.18. The van der Waals surface area contributed by atoms with E-state index < -0.39 is 0 Å². The zero-order valence-corrected chi connectivity index (χ0v) is 35.2. The number of hydrogen-bond donors (Lipinski definition) is 0. The van der Waals surface area contributed by atoms with E-state index in [9.17, 15) is 0 Å². The molecule has 2 aromatic heterocycles. The van der Waals surface area contributed by atoms with Crippen molar-refractivity contribution in [2.45, 2.75) is 0 Å². The van der Waals surface area contributed by atoms with Crippen LogP contribution in [0.4, 0.5) is 17.1 Å². The summed E-state index contributed by atoms with van der Waals surface area (Å²) in [6, 6.07) is 88.4. The summed E-state index contributed by atoms with van der Waals surface area (Å²) < 4.78 is 5.02. The Hall–Kier alpha value is -7.98. The second-order valence-corrected chi connectivity index (χ2v) is 17.2. The maximum Gasteiger partial charge on any atom is 0.0541 e. The average molecular weight is 821 g/mol. The van der Waals surface area contributed by atoms with Gasteiger partial charge >= 0.3 is 0 Å². The molecule has 0 aliphatic heterocycles. The fourth-order valence-electron chi connectivity index (χ4n) is 9.31. The summed E-state index contributed by atoms with van der Waals surface area (Å²) in [6.07, 6.45) is 0. The molecule has 0 saturated heterocycles. The van der Waals surface area contributed by atoms with E-state index in [0.29, 0.717) is 0 Å². The van der Waals surface area contributed by atoms with E-state index in [0.717, 1.165) is 33.9 Å². The van der Waals surface area contributed by atoms with Crippen LogP contribution in [-0.4, -0.2) is 4.57 Å². The molecule has 10 aromatic carbocycles. The predicted molar refractivity (Wildman–Crippen MR) is 270 cm³/mol. The zero-order chi connectivity index (χ0) is 41.7. The summed E-state index contributed by atoms with van der Waals surface area (Å²) in [7, 11) is 0. The molecule has 0 N–H and O–H groups in total. The Morgan fingerprint density at radius 1 is 0.270 bits per heavy atom. The fourth-order valence-corrected chi connectivity index (χ4v) is 10.4. The van der Waals surface area contributed by atoms with Gasteiger partial charge in [-0.25, -0.2) is 0 Å². The SMILES string of the molecule is c1ccc(-c2ccc(N(c3cccc(-c4cccc(-n5c6ccc(-c7ccccc7)cc6c6cc(-c7ccccc7)ccc65)c4)c3)c3ccc4c(c3)sc3ccccc34)cc2)cc1. The number of benzene rings is 10. The lowest BCUT2D eigenvalue weighted by Gasteiger charge is -2.26. The molecule has 2 heterocycles. The van der Waals surface area contributed by atoms with Crippen LogP contribution >= 0.6 is 11.3 Å². The van der Waals surface area contributed by atoms with Crippen LogP contribution in [0.2, 0.25) is 0 Å². The van der Waals surface area contributed by atoms with Gasteiger partial charge in [0.1, 0.15) is 0 Å². The van der Waals surface area contributed by atoms with Crippen molar-refractivity contribution in [1.29, 1.82) is 0 Å². The number of thiophene rings is 1. The Labute approximate surface area is 370 Å². The Balaban J connectivity index is 0.983. The van der Waals surface area contributed by atoms with Crippen LogP contribution in [0, 0.1) is 0 Å². The maximum absolute atomic E-state index is 2.43. The first-order valence-electron chi connectivity index (χ1n) is 21.5. The molecule has 0 atom stereocenters. The Bertz CT molecular complexity index is 3510. The first-order valence-corrected chi connectivity index (χ1v) is 22.3. The van der Waals surface area contributed by atoms with Crippen LogP contribution in [0.5, 0.6) is 0 Å². The average Bonchev–Trinajstić information content (AvgIpc) is 3.90. The lowest BCUT2D eigenvalue weighted by atomic mass is 10.0. The standard InChI is InChI=1S/C60H40N2S/c1-4-14-41(15-5-1)44-26-30-49(31-27-44)61(52-32-33-54-53-24-10-11-25-59(53)63-60(54)40-52)50-22-12-20-45(36-50)46-21-13-23-51(37-46)62-57-34-28-47(42-16-6-2-7-17-42)38-55(57)56-39-48(29-35-58(56)62)43-18-8-3-9-19-43/h1-40H. The van der Waals surface area contributed by atoms with Crippen LogP contribution in [0.25, 0.3) is 92.2 Å². The van der Waals surface area contributed by atoms with Gasteiger partial charge in [-0.1, -0.05) is 164 Å². The maximum atomic E-state index is 2.43. The van der Waals surface area contributed by atoms with Crippen molar-refractivity contribution in [3.8, 4) is 50.2 Å². The minimum atomic E-state index is 1.10. The molecule has 2 nitrogen and oxygen atoms in total. The Morgan fingerprint density at radius 3 is 1.38 bits per heavy atom. The van der Waals surface area contributed by atoms with E-state index in [2.05, 4.69) is 252 Å². The first-order chi connectivity index (χ1) is 31.2. The molecule has 0 spiro atoms. The van der Waals surface area contributed by atoms with Crippen LogP contribution in [-0.2, 0) is 0 Å². The summed E-state index contributed by atoms with van der Waals surface area (Å²) in [5.74, 6) is 0. The molecule has 0 saturated carbocycles. The third-order valence-corrected chi connectivity index (χ3v) is 13.5. The molecule has 63 heavy (non-hydrogen) atoms. The number of anilines is 3. The van der Waals surface area contributed by atoms with E-state index in [-0.39, 0.29) is 0 Å². The van der Waals surface area contributed by atoms with Gasteiger partial charge in [-0.15, -0.1) is 11.3 Å².